The molecule has 0 amide bonds. The Balaban J connectivity index is 3.05. The Morgan fingerprint density at radius 3 is 2.45 bits per heavy atom. The van der Waals surface area contributed by atoms with Gasteiger partial charge in [0.2, 0.25) is 0 Å². The van der Waals surface area contributed by atoms with Gasteiger partial charge in [0.1, 0.15) is 17.2 Å². The lowest BCUT2D eigenvalue weighted by Crippen LogP contribution is -2.25. The number of hydrogen-bond donors (Lipinski definition) is 0. The van der Waals surface area contributed by atoms with Gasteiger partial charge in [-0.25, -0.2) is 4.79 Å². The third-order valence-electron chi connectivity index (χ3n) is 3.16. The summed E-state index contributed by atoms with van der Waals surface area (Å²) in [5.41, 5.74) is 1.14. The van der Waals surface area contributed by atoms with Crippen LogP contribution in [0.15, 0.2) is 18.2 Å². The molecule has 6 nitrogen and oxygen atoms in total. The van der Waals surface area contributed by atoms with Crippen molar-refractivity contribution in [3.8, 4) is 11.8 Å². The van der Waals surface area contributed by atoms with Crippen LogP contribution in [0.3, 0.4) is 0 Å². The van der Waals surface area contributed by atoms with E-state index < -0.39 is 18.2 Å². The molecular formula is C16H21NO5. The van der Waals surface area contributed by atoms with E-state index in [4.69, 9.17) is 18.9 Å². The monoisotopic (exact) mass is 307 g/mol. The highest BCUT2D eigenvalue weighted by Gasteiger charge is 2.22. The van der Waals surface area contributed by atoms with E-state index in [0.29, 0.717) is 24.3 Å². The Labute approximate surface area is 130 Å². The fourth-order valence-corrected chi connectivity index (χ4v) is 2.14. The molecule has 0 fully saturated rings. The molecule has 0 aliphatic rings. The Kier molecular flexibility index (Phi) is 7.37. The molecule has 1 aromatic carbocycles. The largest absolute Gasteiger partial charge is 0.493 e. The van der Waals surface area contributed by atoms with Crippen LogP contribution in [0, 0.1) is 17.2 Å². The fourth-order valence-electron chi connectivity index (χ4n) is 2.14. The van der Waals surface area contributed by atoms with Crippen LogP contribution in [-0.4, -0.2) is 40.2 Å². The minimum atomic E-state index is -0.627. The Hall–Kier alpha value is -2.10. The van der Waals surface area contributed by atoms with Crippen molar-refractivity contribution in [2.45, 2.75) is 19.6 Å². The molecule has 1 aromatic rings. The van der Waals surface area contributed by atoms with Crippen LogP contribution in [0.5, 0.6) is 5.75 Å². The maximum atomic E-state index is 11.8. The number of hydrogen-bond acceptors (Lipinski definition) is 6. The molecule has 1 rings (SSSR count). The van der Waals surface area contributed by atoms with Gasteiger partial charge < -0.3 is 18.9 Å². The van der Waals surface area contributed by atoms with Crippen molar-refractivity contribution in [2.24, 2.45) is 5.92 Å². The normalized spacial score (nSPS) is 11.8. The smallest absolute Gasteiger partial charge is 0.341 e. The molecule has 0 saturated carbocycles. The van der Waals surface area contributed by atoms with Gasteiger partial charge in [-0.2, -0.15) is 5.26 Å². The zero-order chi connectivity index (χ0) is 16.5. The molecule has 0 bridgehead atoms. The van der Waals surface area contributed by atoms with Crippen LogP contribution in [0.2, 0.25) is 0 Å². The number of benzene rings is 1. The number of rotatable bonds is 8. The van der Waals surface area contributed by atoms with E-state index >= 15 is 0 Å². The van der Waals surface area contributed by atoms with Gasteiger partial charge >= 0.3 is 5.97 Å². The van der Waals surface area contributed by atoms with Gasteiger partial charge in [-0.1, -0.05) is 6.07 Å². The highest BCUT2D eigenvalue weighted by atomic mass is 16.7. The number of nitrogens with zero attached hydrogens (tertiary/aromatic N) is 1. The van der Waals surface area contributed by atoms with E-state index in [0.717, 1.165) is 5.56 Å². The molecule has 6 heteroatoms. The third-order valence-corrected chi connectivity index (χ3v) is 3.16. The number of esters is 1. The molecule has 120 valence electrons. The third kappa shape index (κ3) is 4.45. The van der Waals surface area contributed by atoms with E-state index in [1.54, 1.807) is 12.1 Å². The first-order chi connectivity index (χ1) is 10.6. The van der Waals surface area contributed by atoms with Crippen LogP contribution in [-0.2, 0) is 20.6 Å². The molecule has 0 aromatic heterocycles. The molecule has 0 aliphatic heterocycles. The number of nitriles is 1. The van der Waals surface area contributed by atoms with Gasteiger partial charge in [0, 0.05) is 14.2 Å². The van der Waals surface area contributed by atoms with Crippen molar-refractivity contribution in [1.29, 1.82) is 5.26 Å². The number of ether oxygens (including phenoxy) is 4. The first kappa shape index (κ1) is 18.0. The average molecular weight is 307 g/mol. The van der Waals surface area contributed by atoms with Gasteiger partial charge in [0.25, 0.3) is 0 Å². The summed E-state index contributed by atoms with van der Waals surface area (Å²) in [4.78, 5) is 11.8. The minimum Gasteiger partial charge on any atom is -0.493 e. The average Bonchev–Trinajstić information content (AvgIpc) is 2.55. The Morgan fingerprint density at radius 2 is 1.95 bits per heavy atom. The quantitative estimate of drug-likeness (QED) is 0.541. The van der Waals surface area contributed by atoms with Crippen molar-refractivity contribution >= 4 is 5.97 Å². The van der Waals surface area contributed by atoms with Crippen LogP contribution in [0.1, 0.15) is 22.8 Å². The molecule has 22 heavy (non-hydrogen) atoms. The van der Waals surface area contributed by atoms with Crippen LogP contribution < -0.4 is 4.74 Å². The van der Waals surface area contributed by atoms with Gasteiger partial charge in [-0.3, -0.25) is 0 Å². The summed E-state index contributed by atoms with van der Waals surface area (Å²) in [7, 11) is 4.28. The molecule has 0 saturated heterocycles. The summed E-state index contributed by atoms with van der Waals surface area (Å²) in [6.45, 7) is 2.28. The summed E-state index contributed by atoms with van der Waals surface area (Å²) in [5.74, 6) is -0.506. The van der Waals surface area contributed by atoms with Crippen LogP contribution in [0.4, 0.5) is 0 Å². The van der Waals surface area contributed by atoms with Gasteiger partial charge in [0.05, 0.1) is 19.8 Å². The molecule has 0 heterocycles. The first-order valence-electron chi connectivity index (χ1n) is 6.90. The van der Waals surface area contributed by atoms with Crippen LogP contribution >= 0.6 is 0 Å². The van der Waals surface area contributed by atoms with Crippen molar-refractivity contribution in [3.05, 3.63) is 29.3 Å². The zero-order valence-electron chi connectivity index (χ0n) is 13.3. The van der Waals surface area contributed by atoms with Crippen LogP contribution in [0.25, 0.3) is 0 Å². The second-order valence-corrected chi connectivity index (χ2v) is 4.53. The molecular weight excluding hydrogens is 286 g/mol. The minimum absolute atomic E-state index is 0.338. The van der Waals surface area contributed by atoms with E-state index in [9.17, 15) is 10.1 Å². The predicted molar refractivity (Wildman–Crippen MR) is 79.6 cm³/mol. The lowest BCUT2D eigenvalue weighted by Gasteiger charge is -2.19. The Bertz CT molecular complexity index is 534. The Morgan fingerprint density at radius 1 is 1.27 bits per heavy atom. The number of carbonyl (C=O) groups excluding carboxylic acids is 1. The molecule has 0 N–H and O–H groups in total. The van der Waals surface area contributed by atoms with Gasteiger partial charge in [-0.15, -0.1) is 0 Å². The van der Waals surface area contributed by atoms with E-state index in [1.165, 1.54) is 21.3 Å². The lowest BCUT2D eigenvalue weighted by molar-refractivity contribution is -0.124. The topological polar surface area (TPSA) is 77.8 Å². The van der Waals surface area contributed by atoms with E-state index in [-0.39, 0.29) is 0 Å². The molecule has 0 aliphatic carbocycles. The fraction of sp³-hybridized carbons (Fsp3) is 0.500. The van der Waals surface area contributed by atoms with E-state index in [2.05, 4.69) is 6.07 Å². The maximum Gasteiger partial charge on any atom is 0.341 e. The van der Waals surface area contributed by atoms with Crippen molar-refractivity contribution in [1.82, 2.24) is 0 Å². The standard InChI is InChI=1S/C16H21NO5/c1-5-22-14-7-6-11(9-13(14)15(18)19-2)8-12(10-17)16(20-3)21-4/h6-7,9,12,16H,5,8H2,1-4H3. The molecule has 0 radical (unpaired) electrons. The lowest BCUT2D eigenvalue weighted by atomic mass is 9.98. The molecule has 1 atom stereocenters. The second kappa shape index (κ2) is 9.03. The first-order valence-corrected chi connectivity index (χ1v) is 6.90. The zero-order valence-corrected chi connectivity index (χ0v) is 13.3. The van der Waals surface area contributed by atoms with Gasteiger partial charge in [-0.05, 0) is 31.0 Å². The summed E-state index contributed by atoms with van der Waals surface area (Å²) < 4.78 is 20.4. The predicted octanol–water partition coefficient (Wildman–Crippen LogP) is 2.17. The van der Waals surface area contributed by atoms with Gasteiger partial charge in [0.15, 0.2) is 6.29 Å². The van der Waals surface area contributed by atoms with Crippen molar-refractivity contribution in [2.75, 3.05) is 27.9 Å². The summed E-state index contributed by atoms with van der Waals surface area (Å²) >= 11 is 0. The molecule has 1 unspecified atom stereocenters. The molecule has 0 spiro atoms. The SMILES string of the molecule is CCOc1ccc(CC(C#N)C(OC)OC)cc1C(=O)OC. The summed E-state index contributed by atoms with van der Waals surface area (Å²) in [6.07, 6.45) is -0.239. The highest BCUT2D eigenvalue weighted by Crippen LogP contribution is 2.24. The summed E-state index contributed by atoms with van der Waals surface area (Å²) in [6, 6.07) is 7.34. The number of methoxy groups -OCH3 is 3. The number of carbonyl (C=O) groups is 1. The van der Waals surface area contributed by atoms with Crippen molar-refractivity contribution in [3.63, 3.8) is 0 Å². The highest BCUT2D eigenvalue weighted by molar-refractivity contribution is 5.92. The second-order valence-electron chi connectivity index (χ2n) is 4.53. The summed E-state index contributed by atoms with van der Waals surface area (Å²) in [5, 5.41) is 9.26. The van der Waals surface area contributed by atoms with Crippen molar-refractivity contribution < 1.29 is 23.7 Å². The van der Waals surface area contributed by atoms with E-state index in [1.807, 2.05) is 13.0 Å². The maximum absolute atomic E-state index is 11.8.